The third kappa shape index (κ3) is 5.61. The Labute approximate surface area is 363 Å². The SMILES string of the molecule is O=S1(=O)c2ccccc2C2(c3cc(N(c4ccc(-c5ccc(-n6c7ccccc7c7ccccc76)cc5)cc4)c4cccc(-c5ccccc5)c4)ccc31)C1CCCC2CCC1. The Bertz CT molecular complexity index is 3200. The zero-order valence-electron chi connectivity index (χ0n) is 34.5. The largest absolute Gasteiger partial charge is 0.310 e. The average molecular weight is 823 g/mol. The van der Waals surface area contributed by atoms with Crippen LogP contribution in [0.15, 0.2) is 204 Å². The quantitative estimate of drug-likeness (QED) is 0.168. The fraction of sp³-hybridized carbons (Fsp3) is 0.158. The van der Waals surface area contributed by atoms with E-state index in [0.717, 1.165) is 81.8 Å². The van der Waals surface area contributed by atoms with Crippen LogP contribution < -0.4 is 4.90 Å². The van der Waals surface area contributed by atoms with E-state index < -0.39 is 9.84 Å². The molecule has 302 valence electrons. The van der Waals surface area contributed by atoms with Crippen molar-refractivity contribution in [3.63, 3.8) is 0 Å². The molecule has 8 aromatic carbocycles. The highest BCUT2D eigenvalue weighted by molar-refractivity contribution is 7.91. The zero-order chi connectivity index (χ0) is 41.4. The monoisotopic (exact) mass is 822 g/mol. The lowest BCUT2D eigenvalue weighted by molar-refractivity contribution is 0.0783. The van der Waals surface area contributed by atoms with Crippen LogP contribution in [-0.2, 0) is 15.3 Å². The van der Waals surface area contributed by atoms with Crippen LogP contribution in [0.1, 0.15) is 49.7 Å². The van der Waals surface area contributed by atoms with Gasteiger partial charge < -0.3 is 9.47 Å². The summed E-state index contributed by atoms with van der Waals surface area (Å²) in [5, 5.41) is 2.51. The van der Waals surface area contributed by atoms with E-state index in [4.69, 9.17) is 0 Å². The molecule has 0 atom stereocenters. The number of sulfone groups is 1. The summed E-state index contributed by atoms with van der Waals surface area (Å²) in [5.74, 6) is 0.798. The second-order valence-corrected chi connectivity index (χ2v) is 19.4. The molecule has 62 heavy (non-hydrogen) atoms. The van der Waals surface area contributed by atoms with Crippen LogP contribution in [0.4, 0.5) is 17.1 Å². The van der Waals surface area contributed by atoms with Crippen molar-refractivity contribution in [2.24, 2.45) is 11.8 Å². The highest BCUT2D eigenvalue weighted by atomic mass is 32.2. The molecular weight excluding hydrogens is 777 g/mol. The normalized spacial score (nSPS) is 19.9. The molecule has 9 aromatic rings. The van der Waals surface area contributed by atoms with Gasteiger partial charge in [0.15, 0.2) is 0 Å². The van der Waals surface area contributed by atoms with Gasteiger partial charge in [0.1, 0.15) is 0 Å². The van der Waals surface area contributed by atoms with Crippen molar-refractivity contribution in [3.8, 4) is 27.9 Å². The van der Waals surface area contributed by atoms with Crippen molar-refractivity contribution in [3.05, 3.63) is 205 Å². The molecule has 4 nitrogen and oxygen atoms in total. The maximum Gasteiger partial charge on any atom is 0.207 e. The Balaban J connectivity index is 0.985. The maximum atomic E-state index is 14.6. The third-order valence-electron chi connectivity index (χ3n) is 14.5. The molecule has 2 heterocycles. The van der Waals surface area contributed by atoms with Crippen molar-refractivity contribution < 1.29 is 8.42 Å². The standard InChI is InChI=1S/C57H46N2O2S/c60-62(61)55-26-9-6-23-51(55)57(43-16-11-17-44(57)19-12-18-43)52-38-48(35-36-56(52)62)58(47-20-10-15-42(37-47)39-13-2-1-3-14-39)45-31-27-40(28-32-45)41-29-33-46(34-30-41)59-53-24-7-4-21-49(53)50-22-5-8-25-54(50)59/h1-10,13-15,20-38,43-44H,11-12,16-19H2. The molecule has 0 unspecified atom stereocenters. The molecule has 12 rings (SSSR count). The Hall–Kier alpha value is -6.69. The summed E-state index contributed by atoms with van der Waals surface area (Å²) < 4.78 is 31.6. The van der Waals surface area contributed by atoms with Crippen LogP contribution in [-0.4, -0.2) is 13.0 Å². The molecule has 2 aliphatic carbocycles. The van der Waals surface area contributed by atoms with Crippen molar-refractivity contribution in [2.45, 2.75) is 53.7 Å². The predicted octanol–water partition coefficient (Wildman–Crippen LogP) is 14.6. The van der Waals surface area contributed by atoms with E-state index in [1.54, 1.807) is 0 Å². The highest BCUT2D eigenvalue weighted by Gasteiger charge is 2.57. The van der Waals surface area contributed by atoms with E-state index >= 15 is 0 Å². The minimum absolute atomic E-state index is 0.337. The van der Waals surface area contributed by atoms with Crippen molar-refractivity contribution in [2.75, 3.05) is 4.90 Å². The first-order chi connectivity index (χ1) is 30.5. The number of aromatic nitrogens is 1. The number of benzene rings is 8. The molecule has 0 amide bonds. The van der Waals surface area contributed by atoms with Crippen molar-refractivity contribution >= 4 is 48.7 Å². The Morgan fingerprint density at radius 3 is 1.63 bits per heavy atom. The molecule has 3 aliphatic rings. The van der Waals surface area contributed by atoms with E-state index in [-0.39, 0.29) is 5.41 Å². The van der Waals surface area contributed by atoms with Gasteiger partial charge >= 0.3 is 0 Å². The van der Waals surface area contributed by atoms with Gasteiger partial charge in [-0.25, -0.2) is 8.42 Å². The number of hydrogen-bond acceptors (Lipinski definition) is 3. The van der Waals surface area contributed by atoms with E-state index in [9.17, 15) is 8.42 Å². The summed E-state index contributed by atoms with van der Waals surface area (Å²) in [6.45, 7) is 0. The van der Waals surface area contributed by atoms with E-state index in [1.807, 2.05) is 24.3 Å². The fourth-order valence-corrected chi connectivity index (χ4v) is 13.6. The van der Waals surface area contributed by atoms with Crippen LogP contribution >= 0.6 is 0 Å². The predicted molar refractivity (Wildman–Crippen MR) is 254 cm³/mol. The summed E-state index contributed by atoms with van der Waals surface area (Å²) in [5.41, 5.74) is 12.7. The zero-order valence-corrected chi connectivity index (χ0v) is 35.3. The molecule has 0 radical (unpaired) electrons. The average Bonchev–Trinajstić information content (AvgIpc) is 3.66. The van der Waals surface area contributed by atoms with Crippen LogP contribution in [0.2, 0.25) is 0 Å². The Kier molecular flexibility index (Phi) is 8.65. The maximum absolute atomic E-state index is 14.6. The molecule has 2 bridgehead atoms. The number of para-hydroxylation sites is 2. The molecule has 5 heteroatoms. The molecule has 1 spiro atoms. The smallest absolute Gasteiger partial charge is 0.207 e. The first-order valence-electron chi connectivity index (χ1n) is 22.1. The van der Waals surface area contributed by atoms with Gasteiger partial charge in [-0.2, -0.15) is 0 Å². The van der Waals surface area contributed by atoms with Gasteiger partial charge in [-0.1, -0.05) is 134 Å². The van der Waals surface area contributed by atoms with Crippen molar-refractivity contribution in [1.29, 1.82) is 0 Å². The summed E-state index contributed by atoms with van der Waals surface area (Å²) in [6.07, 6.45) is 6.90. The first kappa shape index (κ1) is 37.1. The van der Waals surface area contributed by atoms with E-state index in [1.165, 1.54) is 34.6 Å². The molecule has 1 aliphatic heterocycles. The summed E-state index contributed by atoms with van der Waals surface area (Å²) >= 11 is 0. The third-order valence-corrected chi connectivity index (χ3v) is 16.3. The molecule has 2 saturated carbocycles. The molecule has 0 saturated heterocycles. The molecule has 1 aromatic heterocycles. The summed E-state index contributed by atoms with van der Waals surface area (Å²) in [7, 11) is -3.72. The van der Waals surface area contributed by atoms with Gasteiger partial charge in [0.05, 0.1) is 20.8 Å². The van der Waals surface area contributed by atoms with E-state index in [2.05, 4.69) is 179 Å². The van der Waals surface area contributed by atoms with Gasteiger partial charge in [-0.3, -0.25) is 0 Å². The van der Waals surface area contributed by atoms with Gasteiger partial charge in [0.25, 0.3) is 0 Å². The summed E-state index contributed by atoms with van der Waals surface area (Å²) in [6, 6.07) is 68.4. The Morgan fingerprint density at radius 2 is 0.952 bits per heavy atom. The van der Waals surface area contributed by atoms with Crippen molar-refractivity contribution in [1.82, 2.24) is 4.57 Å². The second kappa shape index (κ2) is 14.5. The molecule has 2 fully saturated rings. The highest BCUT2D eigenvalue weighted by Crippen LogP contribution is 2.63. The van der Waals surface area contributed by atoms with Gasteiger partial charge in [0.2, 0.25) is 9.84 Å². The van der Waals surface area contributed by atoms with Crippen LogP contribution in [0.5, 0.6) is 0 Å². The number of nitrogens with zero attached hydrogens (tertiary/aromatic N) is 2. The van der Waals surface area contributed by atoms with E-state index in [0.29, 0.717) is 21.6 Å². The number of anilines is 3. The van der Waals surface area contributed by atoms with Gasteiger partial charge in [-0.05, 0) is 144 Å². The lowest BCUT2D eigenvalue weighted by atomic mass is 9.49. The molecular formula is C57H46N2O2S. The number of fused-ring (bicyclic) bond motifs is 5. The summed E-state index contributed by atoms with van der Waals surface area (Å²) in [4.78, 5) is 3.31. The van der Waals surface area contributed by atoms with Gasteiger partial charge in [-0.15, -0.1) is 0 Å². The lowest BCUT2D eigenvalue weighted by Gasteiger charge is -2.56. The van der Waals surface area contributed by atoms with Crippen LogP contribution in [0, 0.1) is 11.8 Å². The minimum atomic E-state index is -3.72. The second-order valence-electron chi connectivity index (χ2n) is 17.5. The minimum Gasteiger partial charge on any atom is -0.310 e. The van der Waals surface area contributed by atoms with Crippen LogP contribution in [0.25, 0.3) is 49.7 Å². The van der Waals surface area contributed by atoms with Gasteiger partial charge in [0, 0.05) is 38.9 Å². The number of rotatable bonds is 6. The van der Waals surface area contributed by atoms with Crippen LogP contribution in [0.3, 0.4) is 0 Å². The first-order valence-corrected chi connectivity index (χ1v) is 23.6. The number of hydrogen-bond donors (Lipinski definition) is 0. The fourth-order valence-electron chi connectivity index (χ4n) is 11.9. The lowest BCUT2D eigenvalue weighted by Crippen LogP contribution is -2.51. The topological polar surface area (TPSA) is 42.3 Å². The molecule has 0 N–H and O–H groups in total. The Morgan fingerprint density at radius 1 is 0.435 bits per heavy atom.